The molecule has 0 saturated carbocycles. The van der Waals surface area contributed by atoms with E-state index in [1.165, 1.54) is 6.26 Å². The van der Waals surface area contributed by atoms with E-state index in [0.29, 0.717) is 5.69 Å². The van der Waals surface area contributed by atoms with Crippen LogP contribution in [0, 0.1) is 6.92 Å². The number of sulfone groups is 1. The lowest BCUT2D eigenvalue weighted by molar-refractivity contribution is 0.282. The highest BCUT2D eigenvalue weighted by Gasteiger charge is 2.16. The van der Waals surface area contributed by atoms with Gasteiger partial charge in [0, 0.05) is 17.4 Å². The number of nitrogens with zero attached hydrogens (tertiary/aromatic N) is 2. The lowest BCUT2D eigenvalue weighted by Gasteiger charge is -2.13. The minimum absolute atomic E-state index is 0.0304. The average molecular weight is 369 g/mol. The molecule has 0 bridgehead atoms. The maximum absolute atomic E-state index is 11.7. The molecule has 0 fully saturated rings. The molecule has 0 atom stereocenters. The second kappa shape index (κ2) is 6.86. The van der Waals surface area contributed by atoms with E-state index in [1.807, 2.05) is 31.2 Å². The van der Waals surface area contributed by atoms with Crippen LogP contribution in [0.25, 0.3) is 22.4 Å². The van der Waals surface area contributed by atoms with Crippen LogP contribution in [0.3, 0.4) is 0 Å². The largest absolute Gasteiger partial charge is 0.392 e. The molecular weight excluding hydrogens is 350 g/mol. The Morgan fingerprint density at radius 1 is 0.962 bits per heavy atom. The minimum Gasteiger partial charge on any atom is -0.392 e. The first-order chi connectivity index (χ1) is 12.3. The Hall–Kier alpha value is -2.77. The van der Waals surface area contributed by atoms with Gasteiger partial charge in [-0.25, -0.2) is 18.4 Å². The summed E-state index contributed by atoms with van der Waals surface area (Å²) in [6, 6.07) is 14.0. The van der Waals surface area contributed by atoms with Crippen molar-refractivity contribution in [2.75, 3.05) is 12.0 Å². The predicted octanol–water partition coefficient (Wildman–Crippen LogP) is 2.60. The summed E-state index contributed by atoms with van der Waals surface area (Å²) in [4.78, 5) is 8.88. The molecule has 0 saturated heterocycles. The van der Waals surface area contributed by atoms with Gasteiger partial charge < -0.3 is 10.8 Å². The molecule has 3 N–H and O–H groups in total. The normalized spacial score (nSPS) is 11.5. The molecule has 2 aromatic carbocycles. The van der Waals surface area contributed by atoms with Crippen LogP contribution < -0.4 is 5.73 Å². The van der Waals surface area contributed by atoms with Crippen molar-refractivity contribution < 1.29 is 13.5 Å². The number of hydrogen-bond acceptors (Lipinski definition) is 6. The summed E-state index contributed by atoms with van der Waals surface area (Å²) in [6.07, 6.45) is 1.17. The second-order valence-electron chi connectivity index (χ2n) is 6.04. The van der Waals surface area contributed by atoms with E-state index < -0.39 is 9.84 Å². The Bertz CT molecular complexity index is 1040. The molecule has 3 rings (SSSR count). The Labute approximate surface area is 152 Å². The van der Waals surface area contributed by atoms with Gasteiger partial charge in [-0.2, -0.15) is 0 Å². The fraction of sp³-hybridized carbons (Fsp3) is 0.158. The van der Waals surface area contributed by atoms with Gasteiger partial charge in [-0.15, -0.1) is 0 Å². The summed E-state index contributed by atoms with van der Waals surface area (Å²) in [5, 5.41) is 9.22. The topological polar surface area (TPSA) is 106 Å². The van der Waals surface area contributed by atoms with Gasteiger partial charge >= 0.3 is 0 Å². The van der Waals surface area contributed by atoms with E-state index in [9.17, 15) is 13.5 Å². The lowest BCUT2D eigenvalue weighted by Crippen LogP contribution is -2.03. The third-order valence-electron chi connectivity index (χ3n) is 4.09. The summed E-state index contributed by atoms with van der Waals surface area (Å²) in [7, 11) is -3.27. The molecule has 0 unspecified atom stereocenters. The quantitative estimate of drug-likeness (QED) is 0.732. The number of hydrogen-bond donors (Lipinski definition) is 2. The van der Waals surface area contributed by atoms with Crippen LogP contribution in [0.1, 0.15) is 11.3 Å². The third-order valence-corrected chi connectivity index (χ3v) is 5.22. The number of aromatic nitrogens is 2. The number of nitrogen functional groups attached to an aromatic ring is 1. The zero-order valence-electron chi connectivity index (χ0n) is 14.5. The van der Waals surface area contributed by atoms with Crippen molar-refractivity contribution in [1.29, 1.82) is 0 Å². The van der Waals surface area contributed by atoms with Gasteiger partial charge in [0.25, 0.3) is 0 Å². The fourth-order valence-electron chi connectivity index (χ4n) is 2.79. The summed E-state index contributed by atoms with van der Waals surface area (Å²) in [5.41, 5.74) is 10.4. The molecule has 26 heavy (non-hydrogen) atoms. The van der Waals surface area contributed by atoms with Gasteiger partial charge in [-0.05, 0) is 30.2 Å². The van der Waals surface area contributed by atoms with Gasteiger partial charge in [0.15, 0.2) is 9.84 Å². The zero-order valence-corrected chi connectivity index (χ0v) is 15.3. The molecule has 0 amide bonds. The van der Waals surface area contributed by atoms with Crippen molar-refractivity contribution in [3.05, 3.63) is 59.8 Å². The van der Waals surface area contributed by atoms with Gasteiger partial charge in [0.2, 0.25) is 5.95 Å². The Morgan fingerprint density at radius 3 is 2.08 bits per heavy atom. The van der Waals surface area contributed by atoms with E-state index in [2.05, 4.69) is 9.97 Å². The van der Waals surface area contributed by atoms with Crippen molar-refractivity contribution >= 4 is 15.8 Å². The van der Waals surface area contributed by atoms with Crippen molar-refractivity contribution in [3.8, 4) is 22.4 Å². The van der Waals surface area contributed by atoms with Crippen LogP contribution in [0.5, 0.6) is 0 Å². The highest BCUT2D eigenvalue weighted by atomic mass is 32.2. The van der Waals surface area contributed by atoms with E-state index in [4.69, 9.17) is 5.73 Å². The first kappa shape index (κ1) is 18.0. The summed E-state index contributed by atoms with van der Waals surface area (Å²) in [5.74, 6) is 0.153. The molecular formula is C19H19N3O3S. The van der Waals surface area contributed by atoms with E-state index in [0.717, 1.165) is 27.9 Å². The number of aliphatic hydroxyl groups is 1. The van der Waals surface area contributed by atoms with Gasteiger partial charge in [-0.1, -0.05) is 36.4 Å². The van der Waals surface area contributed by atoms with Gasteiger partial charge in [0.05, 0.1) is 22.9 Å². The third kappa shape index (κ3) is 3.58. The fourth-order valence-corrected chi connectivity index (χ4v) is 3.42. The number of aryl methyl sites for hydroxylation is 1. The molecule has 0 aliphatic rings. The molecule has 6 nitrogen and oxygen atoms in total. The highest BCUT2D eigenvalue weighted by molar-refractivity contribution is 7.90. The van der Waals surface area contributed by atoms with Crippen molar-refractivity contribution in [2.24, 2.45) is 0 Å². The highest BCUT2D eigenvalue weighted by Crippen LogP contribution is 2.33. The number of anilines is 1. The smallest absolute Gasteiger partial charge is 0.220 e. The van der Waals surface area contributed by atoms with E-state index >= 15 is 0 Å². The molecule has 0 aliphatic carbocycles. The molecule has 1 aromatic heterocycles. The first-order valence-electron chi connectivity index (χ1n) is 7.94. The zero-order chi connectivity index (χ0) is 18.9. The monoisotopic (exact) mass is 369 g/mol. The Morgan fingerprint density at radius 2 is 1.54 bits per heavy atom. The summed E-state index contributed by atoms with van der Waals surface area (Å²) < 4.78 is 23.3. The standard InChI is InChI=1S/C19H19N3O3S/c1-12-17(14-5-3-13(11-23)4-6-14)18(22-19(20)21-12)15-7-9-16(10-8-15)26(2,24)25/h3-10,23H,11H2,1-2H3,(H2,20,21,22). The number of nitrogens with two attached hydrogens (primary N) is 1. The van der Waals surface area contributed by atoms with Crippen molar-refractivity contribution in [2.45, 2.75) is 18.4 Å². The minimum atomic E-state index is -3.27. The van der Waals surface area contributed by atoms with E-state index in [-0.39, 0.29) is 17.5 Å². The molecule has 0 aliphatic heterocycles. The Balaban J connectivity index is 2.17. The Kier molecular flexibility index (Phi) is 4.76. The van der Waals surface area contributed by atoms with Crippen LogP contribution in [-0.2, 0) is 16.4 Å². The van der Waals surface area contributed by atoms with Crippen LogP contribution in [0.4, 0.5) is 5.95 Å². The lowest BCUT2D eigenvalue weighted by atomic mass is 9.97. The summed E-state index contributed by atoms with van der Waals surface area (Å²) >= 11 is 0. The average Bonchev–Trinajstić information content (AvgIpc) is 2.61. The van der Waals surface area contributed by atoms with Crippen LogP contribution in [0.2, 0.25) is 0 Å². The van der Waals surface area contributed by atoms with Gasteiger partial charge in [-0.3, -0.25) is 0 Å². The molecule has 3 aromatic rings. The van der Waals surface area contributed by atoms with Crippen molar-refractivity contribution in [1.82, 2.24) is 9.97 Å². The first-order valence-corrected chi connectivity index (χ1v) is 9.83. The number of benzene rings is 2. The maximum atomic E-state index is 11.7. The summed E-state index contributed by atoms with van der Waals surface area (Å²) in [6.45, 7) is 1.82. The predicted molar refractivity (Wildman–Crippen MR) is 101 cm³/mol. The molecule has 7 heteroatoms. The van der Waals surface area contributed by atoms with Crippen LogP contribution in [0.15, 0.2) is 53.4 Å². The number of aliphatic hydroxyl groups excluding tert-OH is 1. The second-order valence-corrected chi connectivity index (χ2v) is 8.06. The number of rotatable bonds is 4. The van der Waals surface area contributed by atoms with E-state index in [1.54, 1.807) is 24.3 Å². The van der Waals surface area contributed by atoms with Gasteiger partial charge in [0.1, 0.15) is 0 Å². The van der Waals surface area contributed by atoms with Crippen LogP contribution >= 0.6 is 0 Å². The molecule has 1 heterocycles. The van der Waals surface area contributed by atoms with Crippen molar-refractivity contribution in [3.63, 3.8) is 0 Å². The molecule has 0 radical (unpaired) electrons. The maximum Gasteiger partial charge on any atom is 0.220 e. The molecule has 0 spiro atoms. The SMILES string of the molecule is Cc1nc(N)nc(-c2ccc(S(C)(=O)=O)cc2)c1-c1ccc(CO)cc1. The van der Waals surface area contributed by atoms with Crippen LogP contribution in [-0.4, -0.2) is 29.7 Å². The molecule has 134 valence electrons.